The lowest BCUT2D eigenvalue weighted by Gasteiger charge is -2.15. The number of hydrogen-bond acceptors (Lipinski definition) is 6. The van der Waals surface area contributed by atoms with E-state index >= 15 is 0 Å². The number of methoxy groups -OCH3 is 1. The second-order valence-corrected chi connectivity index (χ2v) is 4.35. The maximum atomic E-state index is 9.72. The third-order valence-corrected chi connectivity index (χ3v) is 2.68. The van der Waals surface area contributed by atoms with Gasteiger partial charge < -0.3 is 20.5 Å². The van der Waals surface area contributed by atoms with Gasteiger partial charge in [0.15, 0.2) is 11.6 Å². The number of nitrogens with one attached hydrogen (secondary N) is 2. The number of aliphatic hydroxyl groups excluding tert-OH is 1. The quantitative estimate of drug-likeness (QED) is 0.634. The average Bonchev–Trinajstić information content (AvgIpc) is 2.43. The van der Waals surface area contributed by atoms with Crippen molar-refractivity contribution in [2.75, 3.05) is 30.8 Å². The highest BCUT2D eigenvalue weighted by Crippen LogP contribution is 2.28. The minimum absolute atomic E-state index is 0.378. The number of hydrogen-bond donors (Lipinski definition) is 3. The van der Waals surface area contributed by atoms with Crippen molar-refractivity contribution in [3.8, 4) is 5.75 Å². The Kier molecular flexibility index (Phi) is 6.95. The molecule has 6 nitrogen and oxygen atoms in total. The van der Waals surface area contributed by atoms with Gasteiger partial charge in [0.25, 0.3) is 0 Å². The monoisotopic (exact) mass is 268 g/mol. The number of aliphatic hydroxyl groups is 1. The minimum Gasteiger partial charge on any atom is -0.490 e. The van der Waals surface area contributed by atoms with Gasteiger partial charge in [-0.05, 0) is 12.8 Å². The fourth-order valence-corrected chi connectivity index (χ4v) is 1.71. The van der Waals surface area contributed by atoms with Gasteiger partial charge in [0.05, 0.1) is 13.2 Å². The predicted octanol–water partition coefficient (Wildman–Crippen LogP) is 1.88. The first-order chi connectivity index (χ1) is 9.22. The highest BCUT2D eigenvalue weighted by atomic mass is 16.5. The lowest BCUT2D eigenvalue weighted by Crippen LogP contribution is -2.20. The van der Waals surface area contributed by atoms with Crippen LogP contribution in [0.3, 0.4) is 0 Å². The van der Waals surface area contributed by atoms with E-state index in [2.05, 4.69) is 27.5 Å². The maximum absolute atomic E-state index is 9.72. The summed E-state index contributed by atoms with van der Waals surface area (Å²) >= 11 is 0. The molecule has 0 saturated carbocycles. The fraction of sp³-hybridized carbons (Fsp3) is 0.692. The van der Waals surface area contributed by atoms with Crippen LogP contribution in [-0.4, -0.2) is 41.4 Å². The van der Waals surface area contributed by atoms with Gasteiger partial charge in [-0.3, -0.25) is 0 Å². The molecule has 0 aliphatic heterocycles. The van der Waals surface area contributed by atoms with Gasteiger partial charge >= 0.3 is 0 Å². The first-order valence-electron chi connectivity index (χ1n) is 6.77. The highest BCUT2D eigenvalue weighted by molar-refractivity contribution is 5.63. The van der Waals surface area contributed by atoms with Crippen LogP contribution in [0.1, 0.15) is 33.1 Å². The van der Waals surface area contributed by atoms with Crippen LogP contribution in [0.4, 0.5) is 11.6 Å². The highest BCUT2D eigenvalue weighted by Gasteiger charge is 2.12. The Labute approximate surface area is 114 Å². The molecular weight excluding hydrogens is 244 g/mol. The summed E-state index contributed by atoms with van der Waals surface area (Å²) in [5, 5.41) is 16.0. The molecule has 6 heteroatoms. The third-order valence-electron chi connectivity index (χ3n) is 2.68. The summed E-state index contributed by atoms with van der Waals surface area (Å²) in [6.45, 7) is 5.40. The molecule has 0 radical (unpaired) electrons. The zero-order chi connectivity index (χ0) is 14.1. The summed E-state index contributed by atoms with van der Waals surface area (Å²) in [4.78, 5) is 8.31. The predicted molar refractivity (Wildman–Crippen MR) is 76.8 cm³/mol. The largest absolute Gasteiger partial charge is 0.490 e. The van der Waals surface area contributed by atoms with Crippen molar-refractivity contribution >= 4 is 11.6 Å². The summed E-state index contributed by atoms with van der Waals surface area (Å²) in [7, 11) is 1.59. The maximum Gasteiger partial charge on any atom is 0.204 e. The Morgan fingerprint density at radius 1 is 1.21 bits per heavy atom. The summed E-state index contributed by atoms with van der Waals surface area (Å²) < 4.78 is 5.33. The van der Waals surface area contributed by atoms with Crippen LogP contribution in [-0.2, 0) is 0 Å². The molecule has 1 heterocycles. The van der Waals surface area contributed by atoms with Crippen molar-refractivity contribution in [2.45, 2.75) is 39.2 Å². The summed E-state index contributed by atoms with van der Waals surface area (Å²) in [6, 6.07) is 0. The summed E-state index contributed by atoms with van der Waals surface area (Å²) in [6.07, 6.45) is 3.82. The summed E-state index contributed by atoms with van der Waals surface area (Å²) in [5.74, 6) is 1.86. The summed E-state index contributed by atoms with van der Waals surface area (Å²) in [5.41, 5.74) is 0. The molecule has 0 saturated heterocycles. The van der Waals surface area contributed by atoms with Crippen molar-refractivity contribution in [3.05, 3.63) is 6.33 Å². The van der Waals surface area contributed by atoms with E-state index in [4.69, 9.17) is 4.74 Å². The number of ether oxygens (including phenoxy) is 1. The average molecular weight is 268 g/mol. The van der Waals surface area contributed by atoms with E-state index in [0.717, 1.165) is 25.8 Å². The van der Waals surface area contributed by atoms with Gasteiger partial charge in [0, 0.05) is 13.1 Å². The van der Waals surface area contributed by atoms with Gasteiger partial charge in [0.1, 0.15) is 6.33 Å². The molecule has 1 unspecified atom stereocenters. The van der Waals surface area contributed by atoms with Gasteiger partial charge in [-0.2, -0.15) is 0 Å². The molecule has 3 N–H and O–H groups in total. The van der Waals surface area contributed by atoms with Gasteiger partial charge in [-0.1, -0.05) is 20.3 Å². The molecule has 0 aromatic carbocycles. The second kappa shape index (κ2) is 8.53. The van der Waals surface area contributed by atoms with E-state index in [0.29, 0.717) is 23.9 Å². The number of rotatable bonds is 9. The van der Waals surface area contributed by atoms with Crippen molar-refractivity contribution < 1.29 is 9.84 Å². The normalized spacial score (nSPS) is 12.0. The second-order valence-electron chi connectivity index (χ2n) is 4.35. The lowest BCUT2D eigenvalue weighted by molar-refractivity contribution is 0.176. The topological polar surface area (TPSA) is 79.3 Å². The van der Waals surface area contributed by atoms with Gasteiger partial charge in [0.2, 0.25) is 5.75 Å². The number of nitrogens with zero attached hydrogens (tertiary/aromatic N) is 2. The van der Waals surface area contributed by atoms with Crippen LogP contribution in [0, 0.1) is 0 Å². The SMILES string of the molecule is CCCNc1ncnc(NCC(O)CCC)c1OC. The fourth-order valence-electron chi connectivity index (χ4n) is 1.71. The molecular formula is C13H24N4O2. The molecule has 0 bridgehead atoms. The number of anilines is 2. The number of aromatic nitrogens is 2. The molecule has 0 fully saturated rings. The van der Waals surface area contributed by atoms with Crippen LogP contribution in [0.15, 0.2) is 6.33 Å². The Bertz CT molecular complexity index is 374. The van der Waals surface area contributed by atoms with Crippen LogP contribution < -0.4 is 15.4 Å². The third kappa shape index (κ3) is 4.90. The lowest BCUT2D eigenvalue weighted by atomic mass is 10.2. The van der Waals surface area contributed by atoms with Crippen molar-refractivity contribution in [3.63, 3.8) is 0 Å². The van der Waals surface area contributed by atoms with Crippen LogP contribution >= 0.6 is 0 Å². The molecule has 108 valence electrons. The molecule has 1 atom stereocenters. The smallest absolute Gasteiger partial charge is 0.204 e. The first-order valence-corrected chi connectivity index (χ1v) is 6.77. The molecule has 19 heavy (non-hydrogen) atoms. The van der Waals surface area contributed by atoms with Gasteiger partial charge in [-0.15, -0.1) is 0 Å². The van der Waals surface area contributed by atoms with E-state index in [1.165, 1.54) is 6.33 Å². The zero-order valence-corrected chi connectivity index (χ0v) is 11.9. The van der Waals surface area contributed by atoms with Gasteiger partial charge in [-0.25, -0.2) is 9.97 Å². The van der Waals surface area contributed by atoms with Crippen LogP contribution in [0.25, 0.3) is 0 Å². The molecule has 0 spiro atoms. The van der Waals surface area contributed by atoms with E-state index < -0.39 is 0 Å². The Hall–Kier alpha value is -1.56. The van der Waals surface area contributed by atoms with Crippen molar-refractivity contribution in [1.82, 2.24) is 9.97 Å². The zero-order valence-electron chi connectivity index (χ0n) is 11.9. The molecule has 1 rings (SSSR count). The van der Waals surface area contributed by atoms with E-state index in [1.807, 2.05) is 6.92 Å². The van der Waals surface area contributed by atoms with Crippen molar-refractivity contribution in [1.29, 1.82) is 0 Å². The van der Waals surface area contributed by atoms with Crippen LogP contribution in [0.2, 0.25) is 0 Å². The van der Waals surface area contributed by atoms with Crippen LogP contribution in [0.5, 0.6) is 5.75 Å². The first kappa shape index (κ1) is 15.5. The van der Waals surface area contributed by atoms with E-state index in [-0.39, 0.29) is 6.10 Å². The molecule has 1 aromatic rings. The Morgan fingerprint density at radius 3 is 2.47 bits per heavy atom. The Balaban J connectivity index is 2.71. The van der Waals surface area contributed by atoms with E-state index in [1.54, 1.807) is 7.11 Å². The molecule has 0 aliphatic rings. The molecule has 1 aromatic heterocycles. The van der Waals surface area contributed by atoms with Crippen molar-refractivity contribution in [2.24, 2.45) is 0 Å². The minimum atomic E-state index is -0.378. The molecule has 0 aliphatic carbocycles. The standard InChI is InChI=1S/C13H24N4O2/c1-4-6-10(18)8-15-13-11(19-3)12(14-7-5-2)16-9-17-13/h9-10,18H,4-8H2,1-3H3,(H2,14,15,16,17). The Morgan fingerprint density at radius 2 is 1.89 bits per heavy atom. The molecule has 0 amide bonds. The van der Waals surface area contributed by atoms with E-state index in [9.17, 15) is 5.11 Å².